The minimum atomic E-state index is -3.85. The molecule has 0 spiro atoms. The number of thiocarbonyl (C=S) groups is 1. The summed E-state index contributed by atoms with van der Waals surface area (Å²) in [6.07, 6.45) is 0. The molecule has 0 radical (unpaired) electrons. The van der Waals surface area contributed by atoms with E-state index in [0.717, 1.165) is 12.1 Å². The Balaban J connectivity index is 2.31. The number of benzene rings is 2. The van der Waals surface area contributed by atoms with Crippen molar-refractivity contribution in [3.63, 3.8) is 0 Å². The molecule has 8 heteroatoms. The van der Waals surface area contributed by atoms with Crippen molar-refractivity contribution in [1.29, 1.82) is 0 Å². The average Bonchev–Trinajstić information content (AvgIpc) is 2.37. The molecule has 3 N–H and O–H groups in total. The quantitative estimate of drug-likeness (QED) is 0.836. The van der Waals surface area contributed by atoms with E-state index < -0.39 is 15.8 Å². The zero-order chi connectivity index (χ0) is 15.6. The van der Waals surface area contributed by atoms with Crippen LogP contribution in [-0.4, -0.2) is 13.4 Å². The van der Waals surface area contributed by atoms with Crippen LogP contribution < -0.4 is 10.5 Å². The molecule has 0 aliphatic carbocycles. The molecule has 0 fully saturated rings. The summed E-state index contributed by atoms with van der Waals surface area (Å²) in [5.41, 5.74) is 6.03. The maximum atomic E-state index is 13.2. The third kappa shape index (κ3) is 3.90. The van der Waals surface area contributed by atoms with Crippen LogP contribution >= 0.6 is 23.8 Å². The van der Waals surface area contributed by atoms with E-state index in [1.165, 1.54) is 30.3 Å². The summed E-state index contributed by atoms with van der Waals surface area (Å²) in [4.78, 5) is 0.173. The first-order valence-electron chi connectivity index (χ1n) is 5.67. The van der Waals surface area contributed by atoms with Crippen molar-refractivity contribution >= 4 is 44.5 Å². The van der Waals surface area contributed by atoms with Crippen LogP contribution in [0.3, 0.4) is 0 Å². The van der Waals surface area contributed by atoms with Gasteiger partial charge in [-0.25, -0.2) is 12.8 Å². The molecule has 0 saturated carbocycles. The van der Waals surface area contributed by atoms with Crippen LogP contribution in [0.15, 0.2) is 47.4 Å². The van der Waals surface area contributed by atoms with Crippen LogP contribution in [0.4, 0.5) is 10.1 Å². The lowest BCUT2D eigenvalue weighted by molar-refractivity contribution is 0.601. The first kappa shape index (κ1) is 15.7. The zero-order valence-electron chi connectivity index (χ0n) is 10.5. The van der Waals surface area contributed by atoms with Crippen molar-refractivity contribution < 1.29 is 12.8 Å². The van der Waals surface area contributed by atoms with Gasteiger partial charge in [0.25, 0.3) is 10.0 Å². The van der Waals surface area contributed by atoms with Crippen molar-refractivity contribution in [3.05, 3.63) is 58.9 Å². The van der Waals surface area contributed by atoms with Gasteiger partial charge in [0.05, 0.1) is 10.6 Å². The first-order valence-corrected chi connectivity index (χ1v) is 7.94. The lowest BCUT2D eigenvalue weighted by atomic mass is 10.2. The molecule has 4 nitrogen and oxygen atoms in total. The predicted octanol–water partition coefficient (Wildman–Crippen LogP) is 2.91. The van der Waals surface area contributed by atoms with Gasteiger partial charge in [-0.2, -0.15) is 0 Å². The molecular formula is C13H10ClFN2O2S2. The molecule has 0 bridgehead atoms. The lowest BCUT2D eigenvalue weighted by Crippen LogP contribution is -2.14. The van der Waals surface area contributed by atoms with Crippen molar-refractivity contribution in [2.75, 3.05) is 4.72 Å². The van der Waals surface area contributed by atoms with Gasteiger partial charge in [-0.3, -0.25) is 4.72 Å². The summed E-state index contributed by atoms with van der Waals surface area (Å²) in [6.45, 7) is 0. The summed E-state index contributed by atoms with van der Waals surface area (Å²) in [6, 6.07) is 9.13. The Labute approximate surface area is 131 Å². The fraction of sp³-hybridized carbons (Fsp3) is 0. The van der Waals surface area contributed by atoms with Crippen molar-refractivity contribution in [2.45, 2.75) is 4.90 Å². The molecule has 0 saturated heterocycles. The van der Waals surface area contributed by atoms with E-state index in [9.17, 15) is 12.8 Å². The lowest BCUT2D eigenvalue weighted by Gasteiger charge is -2.09. The highest BCUT2D eigenvalue weighted by Crippen LogP contribution is 2.21. The molecule has 0 amide bonds. The second-order valence-corrected chi connectivity index (χ2v) is 6.71. The van der Waals surface area contributed by atoms with Gasteiger partial charge in [0, 0.05) is 10.6 Å². The van der Waals surface area contributed by atoms with Crippen molar-refractivity contribution in [3.8, 4) is 0 Å². The summed E-state index contributed by atoms with van der Waals surface area (Å²) in [5, 5.41) is 0.0940. The Morgan fingerprint density at radius 3 is 2.33 bits per heavy atom. The predicted molar refractivity (Wildman–Crippen MR) is 84.5 cm³/mol. The monoisotopic (exact) mass is 344 g/mol. The summed E-state index contributed by atoms with van der Waals surface area (Å²) < 4.78 is 39.8. The van der Waals surface area contributed by atoms with Crippen molar-refractivity contribution in [1.82, 2.24) is 0 Å². The Morgan fingerprint density at radius 2 is 1.81 bits per heavy atom. The fourth-order valence-electron chi connectivity index (χ4n) is 1.63. The molecule has 0 aromatic heterocycles. The molecule has 0 aliphatic heterocycles. The van der Waals surface area contributed by atoms with E-state index in [-0.39, 0.29) is 20.6 Å². The molecule has 0 heterocycles. The summed E-state index contributed by atoms with van der Waals surface area (Å²) >= 11 is 10.5. The molecule has 2 rings (SSSR count). The molecule has 2 aromatic carbocycles. The number of hydrogen-bond acceptors (Lipinski definition) is 3. The molecule has 2 aromatic rings. The van der Waals surface area contributed by atoms with Crippen LogP contribution in [0.25, 0.3) is 0 Å². The fourth-order valence-corrected chi connectivity index (χ4v) is 3.02. The van der Waals surface area contributed by atoms with Gasteiger partial charge in [0.15, 0.2) is 0 Å². The highest BCUT2D eigenvalue weighted by molar-refractivity contribution is 7.92. The number of nitrogens with one attached hydrogen (secondary N) is 1. The van der Waals surface area contributed by atoms with E-state index in [1.54, 1.807) is 0 Å². The number of anilines is 1. The largest absolute Gasteiger partial charge is 0.389 e. The average molecular weight is 345 g/mol. The van der Waals surface area contributed by atoms with E-state index in [0.29, 0.717) is 5.56 Å². The SMILES string of the molecule is NC(=S)c1ccc(S(=O)(=O)Nc2cc(F)cc(Cl)c2)cc1. The number of halogens is 2. The van der Waals surface area contributed by atoms with E-state index in [2.05, 4.69) is 4.72 Å². The molecular weight excluding hydrogens is 335 g/mol. The normalized spacial score (nSPS) is 11.1. The minimum absolute atomic E-state index is 0.00267. The van der Waals surface area contributed by atoms with Crippen LogP contribution in [0.2, 0.25) is 5.02 Å². The zero-order valence-corrected chi connectivity index (χ0v) is 12.9. The van der Waals surface area contributed by atoms with Crippen molar-refractivity contribution in [2.24, 2.45) is 5.73 Å². The summed E-state index contributed by atoms with van der Waals surface area (Å²) in [5.74, 6) is -0.635. The number of sulfonamides is 1. The number of nitrogens with two attached hydrogens (primary N) is 1. The van der Waals surface area contributed by atoms with Crippen LogP contribution in [0, 0.1) is 5.82 Å². The van der Waals surface area contributed by atoms with Gasteiger partial charge in [0.1, 0.15) is 10.8 Å². The Hall–Kier alpha value is -1.70. The molecule has 0 atom stereocenters. The van der Waals surface area contributed by atoms with Crippen LogP contribution in [0.5, 0.6) is 0 Å². The van der Waals surface area contributed by atoms with E-state index in [1.807, 2.05) is 0 Å². The maximum Gasteiger partial charge on any atom is 0.261 e. The van der Waals surface area contributed by atoms with Gasteiger partial charge < -0.3 is 5.73 Å². The Bertz CT molecular complexity index is 772. The molecule has 0 aliphatic rings. The van der Waals surface area contributed by atoms with Gasteiger partial charge in [0.2, 0.25) is 0 Å². The topological polar surface area (TPSA) is 72.2 Å². The minimum Gasteiger partial charge on any atom is -0.389 e. The van der Waals surface area contributed by atoms with Gasteiger partial charge in [-0.15, -0.1) is 0 Å². The molecule has 110 valence electrons. The Kier molecular flexibility index (Phi) is 4.46. The van der Waals surface area contributed by atoms with E-state index >= 15 is 0 Å². The first-order chi connectivity index (χ1) is 9.78. The highest BCUT2D eigenvalue weighted by Gasteiger charge is 2.15. The highest BCUT2D eigenvalue weighted by atomic mass is 35.5. The van der Waals surface area contributed by atoms with Crippen LogP contribution in [-0.2, 0) is 10.0 Å². The number of rotatable bonds is 4. The third-order valence-electron chi connectivity index (χ3n) is 2.56. The second-order valence-electron chi connectivity index (χ2n) is 4.15. The summed E-state index contributed by atoms with van der Waals surface area (Å²) in [7, 11) is -3.85. The third-order valence-corrected chi connectivity index (χ3v) is 4.42. The van der Waals surface area contributed by atoms with Gasteiger partial charge in [-0.05, 0) is 30.3 Å². The van der Waals surface area contributed by atoms with Gasteiger partial charge in [-0.1, -0.05) is 36.0 Å². The van der Waals surface area contributed by atoms with E-state index in [4.69, 9.17) is 29.6 Å². The molecule has 0 unspecified atom stereocenters. The van der Waals surface area contributed by atoms with Crippen LogP contribution in [0.1, 0.15) is 5.56 Å². The molecule has 21 heavy (non-hydrogen) atoms. The second kappa shape index (κ2) is 5.97. The standard InChI is InChI=1S/C13H10ClFN2O2S2/c14-9-5-10(15)7-11(6-9)17-21(18,19)12-3-1-8(2-4-12)13(16)20/h1-7,17H,(H2,16,20). The Morgan fingerprint density at radius 1 is 1.19 bits per heavy atom. The smallest absolute Gasteiger partial charge is 0.261 e. The maximum absolute atomic E-state index is 13.2. The number of hydrogen-bond donors (Lipinski definition) is 2. The van der Waals surface area contributed by atoms with Gasteiger partial charge >= 0.3 is 0 Å².